The fourth-order valence-corrected chi connectivity index (χ4v) is 4.60. The molecule has 0 amide bonds. The van der Waals surface area contributed by atoms with Crippen LogP contribution in [0.3, 0.4) is 0 Å². The molecule has 0 aromatic carbocycles. The molecule has 3 rings (SSSR count). The van der Waals surface area contributed by atoms with Gasteiger partial charge in [0.1, 0.15) is 17.3 Å². The first-order chi connectivity index (χ1) is 19.4. The number of allylic oxidation sites excluding steroid dienone is 8. The van der Waals surface area contributed by atoms with Crippen molar-refractivity contribution >= 4 is 29.1 Å². The average Bonchev–Trinajstić information content (AvgIpc) is 2.96. The van der Waals surface area contributed by atoms with E-state index in [0.717, 1.165) is 68.5 Å². The lowest BCUT2D eigenvalue weighted by molar-refractivity contribution is 0.411. The summed E-state index contributed by atoms with van der Waals surface area (Å²) in [5, 5.41) is 5.60. The van der Waals surface area contributed by atoms with Gasteiger partial charge in [-0.2, -0.15) is 0 Å². The Hall–Kier alpha value is -4.25. The summed E-state index contributed by atoms with van der Waals surface area (Å²) in [5.74, 6) is 1.59. The van der Waals surface area contributed by atoms with E-state index in [4.69, 9.17) is 9.72 Å². The zero-order chi connectivity index (χ0) is 28.9. The Morgan fingerprint density at radius 1 is 1.00 bits per heavy atom. The smallest absolute Gasteiger partial charge is 0.145 e. The molecule has 3 aromatic heterocycles. The van der Waals surface area contributed by atoms with Gasteiger partial charge in [-0.25, -0.2) is 4.98 Å². The molecule has 0 saturated carbocycles. The number of rotatable bonds is 11. The summed E-state index contributed by atoms with van der Waals surface area (Å²) in [6.45, 7) is 13.1. The molecule has 0 saturated heterocycles. The number of hydrogen-bond acceptors (Lipinski definition) is 5. The number of hydrogen-bond donors (Lipinski definition) is 1. The lowest BCUT2D eigenvalue weighted by Crippen LogP contribution is -2.27. The van der Waals surface area contributed by atoms with Crippen LogP contribution in [0.1, 0.15) is 69.8 Å². The Balaban J connectivity index is 1.92. The summed E-state index contributed by atoms with van der Waals surface area (Å²) in [6.07, 6.45) is 22.5. The fraction of sp³-hybridized carbons (Fsp3) is 0.286. The van der Waals surface area contributed by atoms with E-state index in [-0.39, 0.29) is 0 Å². The highest BCUT2D eigenvalue weighted by Crippen LogP contribution is 2.29. The SMILES string of the molecule is C\C=C/C(=C\C(C)=C\CC)c1ncc(CNc2nccc(C(=C\CC)/C=c3/cccn/c3=C/C)c2C)cc1OC. The van der Waals surface area contributed by atoms with Crippen LogP contribution >= 0.6 is 0 Å². The highest BCUT2D eigenvalue weighted by Gasteiger charge is 2.12. The highest BCUT2D eigenvalue weighted by atomic mass is 16.5. The molecule has 0 aliphatic heterocycles. The first kappa shape index (κ1) is 30.3. The van der Waals surface area contributed by atoms with Gasteiger partial charge < -0.3 is 10.1 Å². The van der Waals surface area contributed by atoms with Crippen LogP contribution in [-0.4, -0.2) is 22.1 Å². The van der Waals surface area contributed by atoms with Crippen LogP contribution < -0.4 is 20.6 Å². The number of methoxy groups -OCH3 is 1. The van der Waals surface area contributed by atoms with Gasteiger partial charge in [-0.15, -0.1) is 0 Å². The lowest BCUT2D eigenvalue weighted by Gasteiger charge is -2.15. The second-order valence-electron chi connectivity index (χ2n) is 9.51. The second kappa shape index (κ2) is 15.4. The van der Waals surface area contributed by atoms with Gasteiger partial charge in [0.15, 0.2) is 0 Å². The second-order valence-corrected chi connectivity index (χ2v) is 9.51. The van der Waals surface area contributed by atoms with E-state index in [2.05, 4.69) is 85.5 Å². The zero-order valence-corrected chi connectivity index (χ0v) is 25.0. The molecule has 1 N–H and O–H groups in total. The van der Waals surface area contributed by atoms with Crippen molar-refractivity contribution in [3.8, 4) is 5.75 Å². The molecule has 5 nitrogen and oxygen atoms in total. The van der Waals surface area contributed by atoms with Crippen LogP contribution in [0.15, 0.2) is 78.8 Å². The molecule has 3 aromatic rings. The summed E-state index contributed by atoms with van der Waals surface area (Å²) in [5.41, 5.74) is 7.47. The van der Waals surface area contributed by atoms with Crippen LogP contribution in [0.4, 0.5) is 5.82 Å². The zero-order valence-electron chi connectivity index (χ0n) is 25.0. The summed E-state index contributed by atoms with van der Waals surface area (Å²) in [4.78, 5) is 14.0. The van der Waals surface area contributed by atoms with Gasteiger partial charge in [0.05, 0.1) is 12.5 Å². The minimum absolute atomic E-state index is 0.576. The number of nitrogens with zero attached hydrogens (tertiary/aromatic N) is 3. The lowest BCUT2D eigenvalue weighted by atomic mass is 9.99. The minimum atomic E-state index is 0.576. The Kier molecular flexibility index (Phi) is 11.6. The monoisotopic (exact) mass is 534 g/mol. The van der Waals surface area contributed by atoms with E-state index in [1.54, 1.807) is 7.11 Å². The largest absolute Gasteiger partial charge is 0.494 e. The van der Waals surface area contributed by atoms with Gasteiger partial charge in [-0.3, -0.25) is 9.97 Å². The minimum Gasteiger partial charge on any atom is -0.494 e. The third kappa shape index (κ3) is 7.89. The van der Waals surface area contributed by atoms with E-state index in [9.17, 15) is 0 Å². The third-order valence-electron chi connectivity index (χ3n) is 6.51. The van der Waals surface area contributed by atoms with Gasteiger partial charge in [-0.05, 0) is 87.1 Å². The molecule has 0 spiro atoms. The predicted octanol–water partition coefficient (Wildman–Crippen LogP) is 7.19. The van der Waals surface area contributed by atoms with Crippen molar-refractivity contribution in [3.05, 3.63) is 112 Å². The maximum absolute atomic E-state index is 5.76. The van der Waals surface area contributed by atoms with Gasteiger partial charge >= 0.3 is 0 Å². The van der Waals surface area contributed by atoms with Crippen molar-refractivity contribution in [2.24, 2.45) is 0 Å². The summed E-state index contributed by atoms with van der Waals surface area (Å²) in [6, 6.07) is 8.20. The highest BCUT2D eigenvalue weighted by molar-refractivity contribution is 5.90. The van der Waals surface area contributed by atoms with Crippen molar-refractivity contribution in [2.45, 2.75) is 60.9 Å². The Morgan fingerprint density at radius 2 is 1.80 bits per heavy atom. The molecule has 0 radical (unpaired) electrons. The van der Waals surface area contributed by atoms with Crippen LogP contribution in [0.25, 0.3) is 23.3 Å². The molecule has 0 aliphatic rings. The van der Waals surface area contributed by atoms with Crippen LogP contribution in [0, 0.1) is 6.92 Å². The summed E-state index contributed by atoms with van der Waals surface area (Å²) >= 11 is 0. The van der Waals surface area contributed by atoms with E-state index >= 15 is 0 Å². The Morgan fingerprint density at radius 3 is 2.50 bits per heavy atom. The van der Waals surface area contributed by atoms with E-state index in [1.165, 1.54) is 5.57 Å². The normalized spacial score (nSPS) is 13.8. The molecule has 0 aliphatic carbocycles. The van der Waals surface area contributed by atoms with E-state index in [0.29, 0.717) is 6.54 Å². The topological polar surface area (TPSA) is 59.9 Å². The first-order valence-corrected chi connectivity index (χ1v) is 14.0. The van der Waals surface area contributed by atoms with Crippen LogP contribution in [0.2, 0.25) is 0 Å². The van der Waals surface area contributed by atoms with E-state index < -0.39 is 0 Å². The maximum atomic E-state index is 5.76. The number of pyridine rings is 3. The molecule has 208 valence electrons. The van der Waals surface area contributed by atoms with Crippen molar-refractivity contribution < 1.29 is 4.74 Å². The maximum Gasteiger partial charge on any atom is 0.145 e. The first-order valence-electron chi connectivity index (χ1n) is 14.0. The van der Waals surface area contributed by atoms with Gasteiger partial charge in [0.2, 0.25) is 0 Å². The molecule has 3 heterocycles. The van der Waals surface area contributed by atoms with E-state index in [1.807, 2.05) is 56.7 Å². The van der Waals surface area contributed by atoms with Gasteiger partial charge in [0, 0.05) is 35.9 Å². The quantitative estimate of drug-likeness (QED) is 0.264. The molecule has 5 heteroatoms. The Labute approximate surface area is 239 Å². The number of aromatic nitrogens is 3. The van der Waals surface area contributed by atoms with Gasteiger partial charge in [-0.1, -0.05) is 61.9 Å². The van der Waals surface area contributed by atoms with Crippen molar-refractivity contribution in [1.29, 1.82) is 0 Å². The molecule has 0 bridgehead atoms. The molecule has 0 unspecified atom stereocenters. The summed E-state index contributed by atoms with van der Waals surface area (Å²) < 4.78 is 5.76. The molecular formula is C35H42N4O. The molecule has 0 fully saturated rings. The van der Waals surface area contributed by atoms with Crippen LogP contribution in [-0.2, 0) is 6.54 Å². The molecule has 0 atom stereocenters. The molecular weight excluding hydrogens is 492 g/mol. The van der Waals surface area contributed by atoms with Crippen LogP contribution in [0.5, 0.6) is 5.75 Å². The standard InChI is InChI=1S/C35H42N4O/c1-8-13-25(5)20-30(15-10-3)34-33(40-7)21-27(23-38-34)24-39-35-26(6)31(17-19-37-35)28(14-9-2)22-29-16-12-18-36-32(29)11-4/h10-23H,8-9,24H2,1-7H3,(H,37,39)/b15-10-,25-13+,28-14-,29-22-,30-20+,32-11+. The van der Waals surface area contributed by atoms with Crippen molar-refractivity contribution in [1.82, 2.24) is 15.0 Å². The van der Waals surface area contributed by atoms with Crippen molar-refractivity contribution in [2.75, 3.05) is 12.4 Å². The predicted molar refractivity (Wildman–Crippen MR) is 170 cm³/mol. The van der Waals surface area contributed by atoms with Gasteiger partial charge in [0.25, 0.3) is 0 Å². The van der Waals surface area contributed by atoms with Crippen molar-refractivity contribution in [3.63, 3.8) is 0 Å². The third-order valence-corrected chi connectivity index (χ3v) is 6.51. The molecule has 40 heavy (non-hydrogen) atoms. The number of ether oxygens (including phenoxy) is 1. The number of anilines is 1. The number of nitrogens with one attached hydrogen (secondary N) is 1. The Bertz CT molecular complexity index is 1540. The fourth-order valence-electron chi connectivity index (χ4n) is 4.60. The summed E-state index contributed by atoms with van der Waals surface area (Å²) in [7, 11) is 1.69. The average molecular weight is 535 g/mol.